The van der Waals surface area contributed by atoms with E-state index < -0.39 is 5.97 Å². The van der Waals surface area contributed by atoms with Gasteiger partial charge >= 0.3 is 5.97 Å². The van der Waals surface area contributed by atoms with Gasteiger partial charge in [0.25, 0.3) is 0 Å². The highest BCUT2D eigenvalue weighted by atomic mass is 16.6. The number of hydrogen-bond donors (Lipinski definition) is 1. The van der Waals surface area contributed by atoms with Crippen LogP contribution in [0.3, 0.4) is 0 Å². The van der Waals surface area contributed by atoms with Crippen molar-refractivity contribution in [1.29, 1.82) is 0 Å². The van der Waals surface area contributed by atoms with Gasteiger partial charge in [0.2, 0.25) is 0 Å². The van der Waals surface area contributed by atoms with Gasteiger partial charge in [-0.05, 0) is 6.92 Å². The van der Waals surface area contributed by atoms with Crippen LogP contribution in [-0.4, -0.2) is 51.7 Å². The molecule has 90 valence electrons. The van der Waals surface area contributed by atoms with Crippen LogP contribution in [0.5, 0.6) is 0 Å². The van der Waals surface area contributed by atoms with Crippen LogP contribution < -0.4 is 0 Å². The average molecular weight is 220 g/mol. The molecule has 1 N–H and O–H groups in total. The Kier molecular flexibility index (Phi) is 14.4. The van der Waals surface area contributed by atoms with Gasteiger partial charge in [-0.2, -0.15) is 0 Å². The average Bonchev–Trinajstić information content (AvgIpc) is 2.18. The predicted octanol–water partition coefficient (Wildman–Crippen LogP) is 0.377. The van der Waals surface area contributed by atoms with Gasteiger partial charge in [-0.1, -0.05) is 6.58 Å². The maximum Gasteiger partial charge on any atom is 0.333 e. The minimum Gasteiger partial charge on any atom is -0.460 e. The van der Waals surface area contributed by atoms with Crippen molar-refractivity contribution in [2.75, 3.05) is 40.6 Å². The second-order valence-corrected chi connectivity index (χ2v) is 2.66. The summed E-state index contributed by atoms with van der Waals surface area (Å²) in [6, 6.07) is 0. The van der Waals surface area contributed by atoms with Crippen LogP contribution >= 0.6 is 0 Å². The van der Waals surface area contributed by atoms with Crippen molar-refractivity contribution in [1.82, 2.24) is 0 Å². The fourth-order valence-corrected chi connectivity index (χ4v) is 0.483. The summed E-state index contributed by atoms with van der Waals surface area (Å²) in [6.45, 7) is 5.75. The van der Waals surface area contributed by atoms with Crippen LogP contribution in [0.2, 0.25) is 0 Å². The highest BCUT2D eigenvalue weighted by Crippen LogP contribution is 1.91. The van der Waals surface area contributed by atoms with Gasteiger partial charge < -0.3 is 19.3 Å². The Balaban J connectivity index is 0. The van der Waals surface area contributed by atoms with E-state index in [0.29, 0.717) is 12.2 Å². The number of carbonyl (C=O) groups excluding carboxylic acids is 1. The van der Waals surface area contributed by atoms with Crippen molar-refractivity contribution in [2.45, 2.75) is 6.92 Å². The van der Waals surface area contributed by atoms with Gasteiger partial charge in [0.15, 0.2) is 0 Å². The van der Waals surface area contributed by atoms with Crippen LogP contribution in [0.15, 0.2) is 12.2 Å². The van der Waals surface area contributed by atoms with Gasteiger partial charge in [0.05, 0.1) is 19.8 Å². The van der Waals surface area contributed by atoms with E-state index in [4.69, 9.17) is 14.6 Å². The Morgan fingerprint density at radius 2 is 1.80 bits per heavy atom. The molecule has 0 aliphatic carbocycles. The van der Waals surface area contributed by atoms with Gasteiger partial charge in [0.1, 0.15) is 6.61 Å². The first-order chi connectivity index (χ1) is 7.09. The molecule has 0 radical (unpaired) electrons. The van der Waals surface area contributed by atoms with Crippen LogP contribution in [0.25, 0.3) is 0 Å². The number of aliphatic hydroxyl groups excluding tert-OH is 1. The summed E-state index contributed by atoms with van der Waals surface area (Å²) in [4.78, 5) is 10.7. The topological polar surface area (TPSA) is 65.0 Å². The van der Waals surface area contributed by atoms with E-state index in [2.05, 4.69) is 11.3 Å². The molecule has 5 heteroatoms. The molecule has 0 saturated carbocycles. The fraction of sp³-hybridized carbons (Fsp3) is 0.700. The van der Waals surface area contributed by atoms with E-state index in [-0.39, 0.29) is 19.8 Å². The van der Waals surface area contributed by atoms with Gasteiger partial charge in [0, 0.05) is 19.8 Å². The van der Waals surface area contributed by atoms with Gasteiger partial charge in [-0.15, -0.1) is 0 Å². The number of esters is 1. The Morgan fingerprint density at radius 3 is 2.20 bits per heavy atom. The lowest BCUT2D eigenvalue weighted by atomic mass is 10.4. The van der Waals surface area contributed by atoms with Crippen LogP contribution in [0.1, 0.15) is 6.92 Å². The van der Waals surface area contributed by atoms with E-state index in [1.807, 2.05) is 0 Å². The van der Waals surface area contributed by atoms with E-state index >= 15 is 0 Å². The monoisotopic (exact) mass is 220 g/mol. The summed E-state index contributed by atoms with van der Waals surface area (Å²) in [7, 11) is 3.25. The molecule has 0 unspecified atom stereocenters. The maximum absolute atomic E-state index is 10.7. The molecule has 0 saturated heterocycles. The highest BCUT2D eigenvalue weighted by Gasteiger charge is 2.01. The Bertz CT molecular complexity index is 167. The smallest absolute Gasteiger partial charge is 0.333 e. The maximum atomic E-state index is 10.7. The van der Waals surface area contributed by atoms with Crippen LogP contribution in [-0.2, 0) is 19.0 Å². The molecule has 0 aromatic rings. The molecule has 0 aliphatic rings. The lowest BCUT2D eigenvalue weighted by Gasteiger charge is -2.03. The van der Waals surface area contributed by atoms with E-state index in [0.717, 1.165) is 0 Å². The van der Waals surface area contributed by atoms with Gasteiger partial charge in [-0.25, -0.2) is 4.79 Å². The van der Waals surface area contributed by atoms with Crippen molar-refractivity contribution >= 4 is 5.97 Å². The Morgan fingerprint density at radius 1 is 1.27 bits per heavy atom. The molecular weight excluding hydrogens is 200 g/mol. The number of rotatable bonds is 6. The predicted molar refractivity (Wildman–Crippen MR) is 56.6 cm³/mol. The van der Waals surface area contributed by atoms with Crippen molar-refractivity contribution < 1.29 is 24.1 Å². The molecule has 0 aromatic carbocycles. The Labute approximate surface area is 90.6 Å². The molecule has 0 fully saturated rings. The molecule has 5 nitrogen and oxygen atoms in total. The molecule has 0 amide bonds. The number of carbonyl (C=O) groups is 1. The summed E-state index contributed by atoms with van der Waals surface area (Å²) in [6.07, 6.45) is 0. The lowest BCUT2D eigenvalue weighted by Crippen LogP contribution is -2.12. The summed E-state index contributed by atoms with van der Waals surface area (Å²) < 4.78 is 13.8. The number of ether oxygens (including phenoxy) is 3. The number of hydrogen-bond acceptors (Lipinski definition) is 5. The third kappa shape index (κ3) is 15.8. The SMILES string of the molecule is C=C(C)C(=O)OCCOCCO.COC. The van der Waals surface area contributed by atoms with E-state index in [9.17, 15) is 4.79 Å². The zero-order valence-corrected chi connectivity index (χ0v) is 9.62. The van der Waals surface area contributed by atoms with E-state index in [1.54, 1.807) is 21.1 Å². The molecule has 0 aromatic heterocycles. The second-order valence-electron chi connectivity index (χ2n) is 2.66. The number of aliphatic hydroxyl groups is 1. The molecule has 0 rings (SSSR count). The lowest BCUT2D eigenvalue weighted by molar-refractivity contribution is -0.140. The van der Waals surface area contributed by atoms with Crippen molar-refractivity contribution in [3.8, 4) is 0 Å². The third-order valence-electron chi connectivity index (χ3n) is 1.04. The molecule has 15 heavy (non-hydrogen) atoms. The number of methoxy groups -OCH3 is 1. The normalized spacial score (nSPS) is 8.80. The van der Waals surface area contributed by atoms with Crippen molar-refractivity contribution in [2.24, 2.45) is 0 Å². The molecule has 0 atom stereocenters. The zero-order valence-electron chi connectivity index (χ0n) is 9.62. The fourth-order valence-electron chi connectivity index (χ4n) is 0.483. The molecule has 0 aliphatic heterocycles. The first-order valence-corrected chi connectivity index (χ1v) is 4.51. The standard InChI is InChI=1S/C8H14O4.C2H6O/c1-7(2)8(10)12-6-5-11-4-3-9;1-3-2/h9H,1,3-6H2,2H3;1-2H3. The summed E-state index contributed by atoms with van der Waals surface area (Å²) >= 11 is 0. The van der Waals surface area contributed by atoms with Crippen molar-refractivity contribution in [3.63, 3.8) is 0 Å². The first kappa shape index (κ1) is 16.5. The largest absolute Gasteiger partial charge is 0.460 e. The Hall–Kier alpha value is -0.910. The molecule has 0 heterocycles. The first-order valence-electron chi connectivity index (χ1n) is 4.51. The molecule has 0 bridgehead atoms. The van der Waals surface area contributed by atoms with Gasteiger partial charge in [-0.3, -0.25) is 0 Å². The van der Waals surface area contributed by atoms with E-state index in [1.165, 1.54) is 0 Å². The minimum atomic E-state index is -0.414. The third-order valence-corrected chi connectivity index (χ3v) is 1.04. The summed E-state index contributed by atoms with van der Waals surface area (Å²) in [5.41, 5.74) is 0.372. The van der Waals surface area contributed by atoms with Crippen LogP contribution in [0, 0.1) is 0 Å². The van der Waals surface area contributed by atoms with Crippen molar-refractivity contribution in [3.05, 3.63) is 12.2 Å². The van der Waals surface area contributed by atoms with Crippen LogP contribution in [0.4, 0.5) is 0 Å². The second kappa shape index (κ2) is 13.1. The summed E-state index contributed by atoms with van der Waals surface area (Å²) in [5.74, 6) is -0.414. The molecule has 0 spiro atoms. The zero-order chi connectivity index (χ0) is 12.1. The summed E-state index contributed by atoms with van der Waals surface area (Å²) in [5, 5.41) is 8.32. The quantitative estimate of drug-likeness (QED) is 0.398. The molecular formula is C10H20O5. The minimum absolute atomic E-state index is 0.0194. The highest BCUT2D eigenvalue weighted by molar-refractivity contribution is 5.86.